The molecule has 0 amide bonds. The van der Waals surface area contributed by atoms with Gasteiger partial charge in [0.25, 0.3) is 0 Å². The summed E-state index contributed by atoms with van der Waals surface area (Å²) in [7, 11) is 1.32. The maximum Gasteiger partial charge on any atom is 0.318 e. The second-order valence-corrected chi connectivity index (χ2v) is 4.92. The Hall–Kier alpha value is -2.36. The fourth-order valence-corrected chi connectivity index (χ4v) is 2.84. The summed E-state index contributed by atoms with van der Waals surface area (Å²) >= 11 is 0. The van der Waals surface area contributed by atoms with Crippen molar-refractivity contribution in [3.05, 3.63) is 59.9 Å². The summed E-state index contributed by atoms with van der Waals surface area (Å²) in [4.78, 5) is 24.1. The van der Waals surface area contributed by atoms with Crippen LogP contribution >= 0.6 is 0 Å². The van der Waals surface area contributed by atoms with Gasteiger partial charge in [-0.1, -0.05) is 30.3 Å². The molecular formula is C16H15NO3. The van der Waals surface area contributed by atoms with E-state index in [1.807, 2.05) is 42.5 Å². The number of fused-ring (bicyclic) bond motifs is 1. The largest absolute Gasteiger partial charge is 0.468 e. The summed E-state index contributed by atoms with van der Waals surface area (Å²) < 4.78 is 6.33. The molecule has 2 aromatic rings. The Morgan fingerprint density at radius 2 is 1.95 bits per heavy atom. The fraction of sp³-hybridized carbons (Fsp3) is 0.250. The van der Waals surface area contributed by atoms with Crippen LogP contribution in [0.4, 0.5) is 0 Å². The minimum absolute atomic E-state index is 0.0352. The van der Waals surface area contributed by atoms with E-state index < -0.39 is 11.9 Å². The zero-order chi connectivity index (χ0) is 14.1. The summed E-state index contributed by atoms with van der Waals surface area (Å²) in [5.41, 5.74) is 2.04. The van der Waals surface area contributed by atoms with Crippen molar-refractivity contribution in [1.82, 2.24) is 4.57 Å². The highest BCUT2D eigenvalue weighted by Crippen LogP contribution is 2.36. The molecule has 0 fully saturated rings. The highest BCUT2D eigenvalue weighted by atomic mass is 16.5. The molecule has 2 heterocycles. The molecule has 1 aromatic heterocycles. The number of methoxy groups -OCH3 is 1. The molecule has 4 heteroatoms. The minimum atomic E-state index is -0.731. The van der Waals surface area contributed by atoms with Gasteiger partial charge in [-0.15, -0.1) is 0 Å². The van der Waals surface area contributed by atoms with E-state index in [4.69, 9.17) is 4.74 Å². The quantitative estimate of drug-likeness (QED) is 0.621. The number of carbonyl (C=O) groups excluding carboxylic acids is 2. The van der Waals surface area contributed by atoms with E-state index in [9.17, 15) is 9.59 Å². The lowest BCUT2D eigenvalue weighted by Crippen LogP contribution is -2.36. The number of hydrogen-bond donors (Lipinski definition) is 0. The average molecular weight is 269 g/mol. The monoisotopic (exact) mass is 269 g/mol. The van der Waals surface area contributed by atoms with Crippen LogP contribution in [-0.2, 0) is 9.53 Å². The van der Waals surface area contributed by atoms with Crippen LogP contribution in [0, 0.1) is 5.92 Å². The Morgan fingerprint density at radius 1 is 1.20 bits per heavy atom. The smallest absolute Gasteiger partial charge is 0.318 e. The Bertz CT molecular complexity index is 645. The van der Waals surface area contributed by atoms with E-state index in [0.717, 1.165) is 11.3 Å². The molecule has 3 rings (SSSR count). The molecule has 1 aromatic carbocycles. The van der Waals surface area contributed by atoms with E-state index in [0.29, 0.717) is 6.42 Å². The highest BCUT2D eigenvalue weighted by Gasteiger charge is 2.38. The van der Waals surface area contributed by atoms with Gasteiger partial charge in [-0.2, -0.15) is 0 Å². The number of benzene rings is 1. The Morgan fingerprint density at radius 3 is 2.65 bits per heavy atom. The fourth-order valence-electron chi connectivity index (χ4n) is 2.84. The molecule has 0 N–H and O–H groups in total. The molecule has 0 aliphatic carbocycles. The predicted molar refractivity (Wildman–Crippen MR) is 73.5 cm³/mol. The average Bonchev–Trinajstić information content (AvgIpc) is 2.98. The lowest BCUT2D eigenvalue weighted by atomic mass is 9.83. The Balaban J connectivity index is 2.06. The summed E-state index contributed by atoms with van der Waals surface area (Å²) in [6.07, 6.45) is 2.17. The normalized spacial score (nSPS) is 21.4. The van der Waals surface area contributed by atoms with Crippen molar-refractivity contribution in [2.75, 3.05) is 7.11 Å². The summed E-state index contributed by atoms with van der Waals surface area (Å²) in [6.45, 7) is 0. The number of aromatic nitrogens is 1. The molecule has 1 aliphatic rings. The van der Waals surface area contributed by atoms with Gasteiger partial charge in [0.15, 0.2) is 0 Å². The third-order valence-corrected chi connectivity index (χ3v) is 3.83. The van der Waals surface area contributed by atoms with Crippen molar-refractivity contribution in [1.29, 1.82) is 0 Å². The van der Waals surface area contributed by atoms with Gasteiger partial charge in [-0.05, 0) is 24.1 Å². The minimum Gasteiger partial charge on any atom is -0.468 e. The van der Waals surface area contributed by atoms with Crippen LogP contribution in [0.2, 0.25) is 0 Å². The molecule has 4 nitrogen and oxygen atoms in total. The van der Waals surface area contributed by atoms with Crippen molar-refractivity contribution in [3.8, 4) is 0 Å². The number of rotatable bonds is 2. The molecule has 0 radical (unpaired) electrons. The first-order valence-corrected chi connectivity index (χ1v) is 6.56. The van der Waals surface area contributed by atoms with Crippen LogP contribution in [0.25, 0.3) is 0 Å². The van der Waals surface area contributed by atoms with Crippen molar-refractivity contribution in [3.63, 3.8) is 0 Å². The molecule has 0 saturated heterocycles. The van der Waals surface area contributed by atoms with Crippen LogP contribution in [-0.4, -0.2) is 23.6 Å². The van der Waals surface area contributed by atoms with Crippen LogP contribution in [0.15, 0.2) is 48.7 Å². The summed E-state index contributed by atoms with van der Waals surface area (Å²) in [6, 6.07) is 13.7. The molecule has 0 spiro atoms. The van der Waals surface area contributed by atoms with Crippen molar-refractivity contribution in [2.45, 2.75) is 12.3 Å². The molecular weight excluding hydrogens is 254 g/mol. The van der Waals surface area contributed by atoms with Gasteiger partial charge in [-0.3, -0.25) is 14.2 Å². The third kappa shape index (κ3) is 1.93. The van der Waals surface area contributed by atoms with Gasteiger partial charge < -0.3 is 4.74 Å². The Labute approximate surface area is 117 Å². The van der Waals surface area contributed by atoms with E-state index in [2.05, 4.69) is 0 Å². The first-order chi connectivity index (χ1) is 9.72. The predicted octanol–water partition coefficient (Wildman–Crippen LogP) is 2.45. The van der Waals surface area contributed by atoms with E-state index in [1.165, 1.54) is 7.11 Å². The zero-order valence-corrected chi connectivity index (χ0v) is 11.2. The topological polar surface area (TPSA) is 48.3 Å². The molecule has 20 heavy (non-hydrogen) atoms. The van der Waals surface area contributed by atoms with Crippen LogP contribution in [0.5, 0.6) is 0 Å². The van der Waals surface area contributed by atoms with E-state index >= 15 is 0 Å². The maximum absolute atomic E-state index is 12.3. The van der Waals surface area contributed by atoms with Gasteiger partial charge in [0.2, 0.25) is 5.91 Å². The summed E-state index contributed by atoms with van der Waals surface area (Å²) in [5.74, 6) is -1.36. The first kappa shape index (κ1) is 12.7. The maximum atomic E-state index is 12.3. The lowest BCUT2D eigenvalue weighted by Gasteiger charge is -2.28. The molecule has 1 aliphatic heterocycles. The number of ether oxygens (including phenoxy) is 1. The lowest BCUT2D eigenvalue weighted by molar-refractivity contribution is -0.144. The number of esters is 1. The van der Waals surface area contributed by atoms with Crippen LogP contribution in [0.3, 0.4) is 0 Å². The first-order valence-electron chi connectivity index (χ1n) is 6.56. The van der Waals surface area contributed by atoms with Gasteiger partial charge in [0.1, 0.15) is 5.92 Å². The summed E-state index contributed by atoms with van der Waals surface area (Å²) in [5, 5.41) is 0. The molecule has 102 valence electrons. The van der Waals surface area contributed by atoms with Crippen molar-refractivity contribution < 1.29 is 14.3 Å². The standard InChI is InChI=1S/C16H15NO3/c1-20-16(19)13-10-12(11-6-3-2-4-7-11)14-8-5-9-17(14)15(13)18/h2-9,12-13H,10H2,1H3/t12-,13+/m0/s1. The Kier molecular flexibility index (Phi) is 3.14. The van der Waals surface area contributed by atoms with Crippen LogP contribution < -0.4 is 0 Å². The second kappa shape index (κ2) is 4.96. The molecule has 0 bridgehead atoms. The number of nitrogens with zero attached hydrogens (tertiary/aromatic N) is 1. The van der Waals surface area contributed by atoms with Gasteiger partial charge in [0.05, 0.1) is 7.11 Å². The number of hydrogen-bond acceptors (Lipinski definition) is 3. The number of carbonyl (C=O) groups is 2. The van der Waals surface area contributed by atoms with Gasteiger partial charge >= 0.3 is 5.97 Å². The van der Waals surface area contributed by atoms with E-state index in [1.54, 1.807) is 10.8 Å². The third-order valence-electron chi connectivity index (χ3n) is 3.83. The second-order valence-electron chi connectivity index (χ2n) is 4.92. The van der Waals surface area contributed by atoms with Gasteiger partial charge in [-0.25, -0.2) is 0 Å². The van der Waals surface area contributed by atoms with Crippen molar-refractivity contribution >= 4 is 11.9 Å². The van der Waals surface area contributed by atoms with Crippen LogP contribution in [0.1, 0.15) is 28.4 Å². The van der Waals surface area contributed by atoms with Crippen molar-refractivity contribution in [2.24, 2.45) is 5.92 Å². The molecule has 0 unspecified atom stereocenters. The molecule has 2 atom stereocenters. The highest BCUT2D eigenvalue weighted by molar-refractivity contribution is 6.00. The van der Waals surface area contributed by atoms with Gasteiger partial charge in [0, 0.05) is 17.8 Å². The zero-order valence-electron chi connectivity index (χ0n) is 11.2. The molecule has 0 saturated carbocycles. The SMILES string of the molecule is COC(=O)[C@@H]1C[C@@H](c2ccccc2)c2cccn2C1=O. The van der Waals surface area contributed by atoms with E-state index in [-0.39, 0.29) is 11.8 Å².